The maximum atomic E-state index is 11.3. The number of carbonyl (C=O) groups is 1. The van der Waals surface area contributed by atoms with Gasteiger partial charge in [-0.05, 0) is 32.6 Å². The molecule has 0 atom stereocenters. The molecule has 14 heavy (non-hydrogen) atoms. The molecule has 2 heteroatoms. The summed E-state index contributed by atoms with van der Waals surface area (Å²) in [6, 6.07) is 0. The number of rotatable bonds is 3. The molecule has 0 N–H and O–H groups in total. The van der Waals surface area contributed by atoms with E-state index < -0.39 is 0 Å². The van der Waals surface area contributed by atoms with Crippen molar-refractivity contribution in [1.82, 2.24) is 0 Å². The summed E-state index contributed by atoms with van der Waals surface area (Å²) in [4.78, 5) is 11.3. The second kappa shape index (κ2) is 5.84. The van der Waals surface area contributed by atoms with Gasteiger partial charge in [0.2, 0.25) is 0 Å². The molecule has 1 fully saturated rings. The summed E-state index contributed by atoms with van der Waals surface area (Å²) in [5.41, 5.74) is 0.709. The predicted octanol–water partition coefficient (Wildman–Crippen LogP) is 3.08. The van der Waals surface area contributed by atoms with E-state index in [1.807, 2.05) is 6.92 Å². The van der Waals surface area contributed by atoms with Gasteiger partial charge in [0.1, 0.15) is 0 Å². The Morgan fingerprint density at radius 3 is 2.57 bits per heavy atom. The van der Waals surface area contributed by atoms with Gasteiger partial charge in [0, 0.05) is 5.57 Å². The van der Waals surface area contributed by atoms with E-state index in [2.05, 4.69) is 0 Å². The maximum Gasteiger partial charge on any atom is 0.333 e. The van der Waals surface area contributed by atoms with Gasteiger partial charge in [-0.2, -0.15) is 0 Å². The lowest BCUT2D eigenvalue weighted by Crippen LogP contribution is -2.17. The van der Waals surface area contributed by atoms with Crippen molar-refractivity contribution < 1.29 is 9.53 Å². The minimum Gasteiger partial charge on any atom is -0.462 e. The van der Waals surface area contributed by atoms with Gasteiger partial charge in [-0.25, -0.2) is 4.79 Å². The average molecular weight is 196 g/mol. The molecule has 1 saturated carbocycles. The zero-order valence-corrected chi connectivity index (χ0v) is 9.21. The van der Waals surface area contributed by atoms with Crippen molar-refractivity contribution in [2.45, 2.75) is 46.0 Å². The molecule has 0 radical (unpaired) electrons. The monoisotopic (exact) mass is 196 g/mol. The number of carbonyl (C=O) groups excluding carboxylic acids is 1. The molecule has 80 valence electrons. The SMILES string of the molecule is C/C=C(/C)C(=O)OCC1CCCCC1. The second-order valence-electron chi connectivity index (χ2n) is 4.07. The molecule has 1 rings (SSSR count). The topological polar surface area (TPSA) is 26.3 Å². The van der Waals surface area contributed by atoms with E-state index in [1.165, 1.54) is 32.1 Å². The Morgan fingerprint density at radius 2 is 2.00 bits per heavy atom. The van der Waals surface area contributed by atoms with Gasteiger partial charge in [-0.15, -0.1) is 0 Å². The summed E-state index contributed by atoms with van der Waals surface area (Å²) < 4.78 is 5.23. The van der Waals surface area contributed by atoms with Crippen LogP contribution >= 0.6 is 0 Å². The third kappa shape index (κ3) is 3.52. The van der Waals surface area contributed by atoms with E-state index in [-0.39, 0.29) is 5.97 Å². The maximum absolute atomic E-state index is 11.3. The van der Waals surface area contributed by atoms with Gasteiger partial charge in [0.25, 0.3) is 0 Å². The van der Waals surface area contributed by atoms with Gasteiger partial charge in [0.15, 0.2) is 0 Å². The van der Waals surface area contributed by atoms with Crippen molar-refractivity contribution in [1.29, 1.82) is 0 Å². The third-order valence-corrected chi connectivity index (χ3v) is 2.93. The minimum atomic E-state index is -0.155. The molecule has 0 saturated heterocycles. The molecule has 0 aromatic carbocycles. The minimum absolute atomic E-state index is 0.155. The predicted molar refractivity (Wildman–Crippen MR) is 57.0 cm³/mol. The largest absolute Gasteiger partial charge is 0.462 e. The zero-order valence-electron chi connectivity index (χ0n) is 9.21. The fourth-order valence-electron chi connectivity index (χ4n) is 1.78. The number of ether oxygens (including phenoxy) is 1. The lowest BCUT2D eigenvalue weighted by atomic mass is 9.90. The molecule has 2 nitrogen and oxygen atoms in total. The molecule has 0 aliphatic heterocycles. The number of allylic oxidation sites excluding steroid dienone is 1. The van der Waals surface area contributed by atoms with Crippen LogP contribution in [0.1, 0.15) is 46.0 Å². The Kier molecular flexibility index (Phi) is 4.71. The van der Waals surface area contributed by atoms with Gasteiger partial charge < -0.3 is 4.74 Å². The van der Waals surface area contributed by atoms with E-state index in [9.17, 15) is 4.79 Å². The van der Waals surface area contributed by atoms with Crippen LogP contribution < -0.4 is 0 Å². The van der Waals surface area contributed by atoms with Gasteiger partial charge in [-0.1, -0.05) is 25.3 Å². The Morgan fingerprint density at radius 1 is 1.36 bits per heavy atom. The van der Waals surface area contributed by atoms with Crippen LogP contribution in [-0.2, 0) is 9.53 Å². The highest BCUT2D eigenvalue weighted by atomic mass is 16.5. The molecule has 0 bridgehead atoms. The number of hydrogen-bond acceptors (Lipinski definition) is 2. The highest BCUT2D eigenvalue weighted by Crippen LogP contribution is 2.23. The molecule has 0 heterocycles. The van der Waals surface area contributed by atoms with Gasteiger partial charge in [0.05, 0.1) is 6.61 Å². The first-order valence-electron chi connectivity index (χ1n) is 5.54. The summed E-state index contributed by atoms with van der Waals surface area (Å²) in [7, 11) is 0. The fraction of sp³-hybridized carbons (Fsp3) is 0.750. The van der Waals surface area contributed by atoms with Crippen LogP contribution in [0, 0.1) is 5.92 Å². The van der Waals surface area contributed by atoms with Crippen LogP contribution in [0.25, 0.3) is 0 Å². The van der Waals surface area contributed by atoms with Crippen LogP contribution in [0.3, 0.4) is 0 Å². The molecule has 0 aromatic heterocycles. The summed E-state index contributed by atoms with van der Waals surface area (Å²) in [6.07, 6.45) is 8.18. The first-order valence-corrected chi connectivity index (χ1v) is 5.54. The van der Waals surface area contributed by atoms with Crippen LogP contribution in [0.5, 0.6) is 0 Å². The standard InChI is InChI=1S/C12H20O2/c1-3-10(2)12(13)14-9-11-7-5-4-6-8-11/h3,11H,4-9H2,1-2H3/b10-3-. The van der Waals surface area contributed by atoms with E-state index in [0.29, 0.717) is 18.1 Å². The zero-order chi connectivity index (χ0) is 10.4. The molecular formula is C12H20O2. The molecule has 0 aromatic rings. The molecule has 0 spiro atoms. The van der Waals surface area contributed by atoms with Gasteiger partial charge in [-0.3, -0.25) is 0 Å². The lowest BCUT2D eigenvalue weighted by molar-refractivity contribution is -0.140. The number of esters is 1. The summed E-state index contributed by atoms with van der Waals surface area (Å²) in [5, 5.41) is 0. The third-order valence-electron chi connectivity index (χ3n) is 2.93. The average Bonchev–Trinajstić information content (AvgIpc) is 2.26. The van der Waals surface area contributed by atoms with E-state index in [1.54, 1.807) is 13.0 Å². The Labute approximate surface area is 86.3 Å². The molecule has 0 unspecified atom stereocenters. The normalized spacial score (nSPS) is 19.4. The fourth-order valence-corrected chi connectivity index (χ4v) is 1.78. The van der Waals surface area contributed by atoms with Crippen LogP contribution in [0.15, 0.2) is 11.6 Å². The Bertz CT molecular complexity index is 212. The molecule has 0 amide bonds. The highest BCUT2D eigenvalue weighted by molar-refractivity contribution is 5.87. The van der Waals surface area contributed by atoms with Crippen LogP contribution in [-0.4, -0.2) is 12.6 Å². The van der Waals surface area contributed by atoms with E-state index in [0.717, 1.165) is 0 Å². The van der Waals surface area contributed by atoms with Crippen molar-refractivity contribution in [2.75, 3.05) is 6.61 Å². The van der Waals surface area contributed by atoms with Crippen molar-refractivity contribution in [3.8, 4) is 0 Å². The molecule has 1 aliphatic carbocycles. The van der Waals surface area contributed by atoms with Crippen molar-refractivity contribution >= 4 is 5.97 Å². The summed E-state index contributed by atoms with van der Waals surface area (Å²) in [5.74, 6) is 0.454. The van der Waals surface area contributed by atoms with E-state index >= 15 is 0 Å². The highest BCUT2D eigenvalue weighted by Gasteiger charge is 2.15. The van der Waals surface area contributed by atoms with Crippen LogP contribution in [0.4, 0.5) is 0 Å². The van der Waals surface area contributed by atoms with Gasteiger partial charge >= 0.3 is 5.97 Å². The van der Waals surface area contributed by atoms with Crippen molar-refractivity contribution in [3.05, 3.63) is 11.6 Å². The second-order valence-corrected chi connectivity index (χ2v) is 4.07. The van der Waals surface area contributed by atoms with Crippen molar-refractivity contribution in [2.24, 2.45) is 5.92 Å². The smallest absolute Gasteiger partial charge is 0.333 e. The summed E-state index contributed by atoms with van der Waals surface area (Å²) >= 11 is 0. The Balaban J connectivity index is 2.22. The van der Waals surface area contributed by atoms with Crippen LogP contribution in [0.2, 0.25) is 0 Å². The first kappa shape index (κ1) is 11.3. The Hall–Kier alpha value is -0.790. The first-order chi connectivity index (χ1) is 6.74. The van der Waals surface area contributed by atoms with E-state index in [4.69, 9.17) is 4.74 Å². The number of hydrogen-bond donors (Lipinski definition) is 0. The molecular weight excluding hydrogens is 176 g/mol. The quantitative estimate of drug-likeness (QED) is 0.512. The summed E-state index contributed by atoms with van der Waals surface area (Å²) in [6.45, 7) is 4.27. The van der Waals surface area contributed by atoms with Crippen molar-refractivity contribution in [3.63, 3.8) is 0 Å². The molecule has 1 aliphatic rings. The lowest BCUT2D eigenvalue weighted by Gasteiger charge is -2.21.